The molecule has 0 saturated heterocycles. The minimum absolute atomic E-state index is 0.829. The Morgan fingerprint density at radius 1 is 1.41 bits per heavy atom. The van der Waals surface area contributed by atoms with Gasteiger partial charge in [0.2, 0.25) is 0 Å². The van der Waals surface area contributed by atoms with Crippen molar-refractivity contribution < 1.29 is 0 Å². The van der Waals surface area contributed by atoms with Crippen LogP contribution in [-0.2, 0) is 6.54 Å². The minimum atomic E-state index is 0.829. The molecule has 1 aromatic rings. The first-order valence-electron chi connectivity index (χ1n) is 6.65. The van der Waals surface area contributed by atoms with Crippen LogP contribution in [0.3, 0.4) is 0 Å². The Balaban J connectivity index is 2.01. The Morgan fingerprint density at radius 2 is 2.29 bits per heavy atom. The fourth-order valence-corrected chi connectivity index (χ4v) is 2.70. The van der Waals surface area contributed by atoms with E-state index in [1.807, 2.05) is 11.7 Å². The van der Waals surface area contributed by atoms with Crippen LogP contribution in [0.2, 0.25) is 0 Å². The van der Waals surface area contributed by atoms with E-state index in [0.29, 0.717) is 0 Å². The molecule has 0 spiro atoms. The average molecular weight is 255 g/mol. The first kappa shape index (κ1) is 14.6. The number of thiazole rings is 1. The van der Waals surface area contributed by atoms with Gasteiger partial charge in [-0.05, 0) is 38.3 Å². The van der Waals surface area contributed by atoms with E-state index in [2.05, 4.69) is 17.2 Å². The van der Waals surface area contributed by atoms with E-state index < -0.39 is 0 Å². The third kappa shape index (κ3) is 6.76. The summed E-state index contributed by atoms with van der Waals surface area (Å²) in [7, 11) is 0. The quantitative estimate of drug-likeness (QED) is 0.632. The van der Waals surface area contributed by atoms with E-state index in [0.717, 1.165) is 25.6 Å². The van der Waals surface area contributed by atoms with Crippen molar-refractivity contribution >= 4 is 11.3 Å². The van der Waals surface area contributed by atoms with E-state index in [1.54, 1.807) is 11.3 Å². The van der Waals surface area contributed by atoms with E-state index in [1.165, 1.54) is 37.0 Å². The number of nitrogens with one attached hydrogen (secondary N) is 1. The zero-order chi connectivity index (χ0) is 12.3. The van der Waals surface area contributed by atoms with Gasteiger partial charge in [-0.1, -0.05) is 19.8 Å². The van der Waals surface area contributed by atoms with E-state index in [4.69, 9.17) is 5.73 Å². The largest absolute Gasteiger partial charge is 0.330 e. The van der Waals surface area contributed by atoms with Crippen molar-refractivity contribution in [1.29, 1.82) is 0 Å². The number of aromatic nitrogens is 1. The summed E-state index contributed by atoms with van der Waals surface area (Å²) in [5.41, 5.74) is 7.52. The van der Waals surface area contributed by atoms with Gasteiger partial charge < -0.3 is 11.1 Å². The lowest BCUT2D eigenvalue weighted by molar-refractivity contribution is 0.404. The van der Waals surface area contributed by atoms with Gasteiger partial charge in [0.15, 0.2) is 0 Å². The van der Waals surface area contributed by atoms with Gasteiger partial charge in [0, 0.05) is 17.6 Å². The lowest BCUT2D eigenvalue weighted by Crippen LogP contribution is -2.16. The molecule has 0 saturated carbocycles. The summed E-state index contributed by atoms with van der Waals surface area (Å²) in [6, 6.07) is 0. The third-order valence-electron chi connectivity index (χ3n) is 3.02. The fourth-order valence-electron chi connectivity index (χ4n) is 2.13. The van der Waals surface area contributed by atoms with Crippen molar-refractivity contribution in [2.24, 2.45) is 11.7 Å². The van der Waals surface area contributed by atoms with Crippen LogP contribution in [0.5, 0.6) is 0 Å². The molecule has 0 radical (unpaired) electrons. The number of hydrogen-bond acceptors (Lipinski definition) is 4. The molecule has 1 atom stereocenters. The summed E-state index contributed by atoms with van der Waals surface area (Å²) in [5.74, 6) is 0.829. The van der Waals surface area contributed by atoms with Crippen LogP contribution in [0.15, 0.2) is 11.7 Å². The molecule has 3 nitrogen and oxygen atoms in total. The number of nitrogens with two attached hydrogens (primary N) is 1. The zero-order valence-corrected chi connectivity index (χ0v) is 11.6. The molecule has 1 rings (SSSR count). The molecule has 0 aliphatic carbocycles. The average Bonchev–Trinajstić information content (AvgIpc) is 2.82. The molecule has 4 heteroatoms. The molecule has 0 bridgehead atoms. The van der Waals surface area contributed by atoms with Crippen molar-refractivity contribution in [1.82, 2.24) is 10.3 Å². The highest BCUT2D eigenvalue weighted by molar-refractivity contribution is 7.09. The fraction of sp³-hybridized carbons (Fsp3) is 0.769. The standard InChI is InChI=1S/C13H25N3S/c1-2-4-12(6-7-14)5-3-8-15-9-13-10-16-11-17-13/h10-12,15H,2-9,14H2,1H3. The van der Waals surface area contributed by atoms with Gasteiger partial charge >= 0.3 is 0 Å². The van der Waals surface area contributed by atoms with Crippen molar-refractivity contribution in [2.75, 3.05) is 13.1 Å². The predicted octanol–water partition coefficient (Wildman–Crippen LogP) is 2.78. The SMILES string of the molecule is CCCC(CCN)CCCNCc1cncs1. The van der Waals surface area contributed by atoms with Crippen molar-refractivity contribution in [3.05, 3.63) is 16.6 Å². The molecule has 0 amide bonds. The lowest BCUT2D eigenvalue weighted by Gasteiger charge is -2.14. The summed E-state index contributed by atoms with van der Waals surface area (Å²) in [5, 5.41) is 3.47. The maximum atomic E-state index is 5.63. The van der Waals surface area contributed by atoms with Crippen molar-refractivity contribution in [3.63, 3.8) is 0 Å². The molecule has 0 aliphatic heterocycles. The van der Waals surface area contributed by atoms with Gasteiger partial charge in [0.25, 0.3) is 0 Å². The molecule has 0 aliphatic rings. The highest BCUT2D eigenvalue weighted by Crippen LogP contribution is 2.16. The monoisotopic (exact) mass is 255 g/mol. The molecular formula is C13H25N3S. The predicted molar refractivity (Wildman–Crippen MR) is 75.1 cm³/mol. The topological polar surface area (TPSA) is 50.9 Å². The smallest absolute Gasteiger partial charge is 0.0794 e. The second kappa shape index (κ2) is 9.57. The van der Waals surface area contributed by atoms with Gasteiger partial charge in [0.05, 0.1) is 5.51 Å². The summed E-state index contributed by atoms with van der Waals surface area (Å²) in [6.45, 7) is 5.15. The summed E-state index contributed by atoms with van der Waals surface area (Å²) < 4.78 is 0. The van der Waals surface area contributed by atoms with Crippen LogP contribution in [0.25, 0.3) is 0 Å². The Kier molecular flexibility index (Phi) is 8.22. The molecule has 0 fully saturated rings. The highest BCUT2D eigenvalue weighted by Gasteiger charge is 2.06. The summed E-state index contributed by atoms with van der Waals surface area (Å²) >= 11 is 1.71. The van der Waals surface area contributed by atoms with Crippen LogP contribution < -0.4 is 11.1 Å². The van der Waals surface area contributed by atoms with Crippen LogP contribution in [0.4, 0.5) is 0 Å². The Morgan fingerprint density at radius 3 is 2.94 bits per heavy atom. The van der Waals surface area contributed by atoms with E-state index in [9.17, 15) is 0 Å². The van der Waals surface area contributed by atoms with Crippen LogP contribution >= 0.6 is 11.3 Å². The van der Waals surface area contributed by atoms with Gasteiger partial charge in [-0.3, -0.25) is 4.98 Å². The van der Waals surface area contributed by atoms with Crippen LogP contribution in [0, 0.1) is 5.92 Å². The second-order valence-electron chi connectivity index (χ2n) is 4.52. The summed E-state index contributed by atoms with van der Waals surface area (Å²) in [6.07, 6.45) is 8.28. The van der Waals surface area contributed by atoms with Gasteiger partial charge in [-0.15, -0.1) is 11.3 Å². The maximum Gasteiger partial charge on any atom is 0.0794 e. The molecule has 0 aromatic carbocycles. The Hall–Kier alpha value is -0.450. The molecule has 1 heterocycles. The van der Waals surface area contributed by atoms with Crippen LogP contribution in [-0.4, -0.2) is 18.1 Å². The van der Waals surface area contributed by atoms with Crippen molar-refractivity contribution in [2.45, 2.75) is 45.6 Å². The van der Waals surface area contributed by atoms with Crippen molar-refractivity contribution in [3.8, 4) is 0 Å². The summed E-state index contributed by atoms with van der Waals surface area (Å²) in [4.78, 5) is 5.38. The zero-order valence-electron chi connectivity index (χ0n) is 10.8. The third-order valence-corrected chi connectivity index (χ3v) is 3.80. The molecule has 98 valence electrons. The molecular weight excluding hydrogens is 230 g/mol. The van der Waals surface area contributed by atoms with E-state index in [-0.39, 0.29) is 0 Å². The maximum absolute atomic E-state index is 5.63. The number of rotatable bonds is 10. The van der Waals surface area contributed by atoms with E-state index >= 15 is 0 Å². The number of nitrogens with zero attached hydrogens (tertiary/aromatic N) is 1. The first-order valence-corrected chi connectivity index (χ1v) is 7.53. The van der Waals surface area contributed by atoms with Gasteiger partial charge in [-0.2, -0.15) is 0 Å². The van der Waals surface area contributed by atoms with Gasteiger partial charge in [0.1, 0.15) is 0 Å². The molecule has 17 heavy (non-hydrogen) atoms. The first-order chi connectivity index (χ1) is 8.36. The normalized spacial score (nSPS) is 12.8. The Labute approximate surface area is 109 Å². The molecule has 1 aromatic heterocycles. The van der Waals surface area contributed by atoms with Crippen LogP contribution in [0.1, 0.15) is 43.9 Å². The Bertz CT molecular complexity index is 256. The number of hydrogen-bond donors (Lipinski definition) is 2. The highest BCUT2D eigenvalue weighted by atomic mass is 32.1. The lowest BCUT2D eigenvalue weighted by atomic mass is 9.94. The molecule has 3 N–H and O–H groups in total. The minimum Gasteiger partial charge on any atom is -0.330 e. The molecule has 1 unspecified atom stereocenters. The second-order valence-corrected chi connectivity index (χ2v) is 5.49. The van der Waals surface area contributed by atoms with Gasteiger partial charge in [-0.25, -0.2) is 0 Å².